The summed E-state index contributed by atoms with van der Waals surface area (Å²) in [5, 5.41) is 0. The molecule has 3 rings (SSSR count). The molecule has 0 amide bonds. The first-order chi connectivity index (χ1) is 14.0. The Morgan fingerprint density at radius 2 is 1.83 bits per heavy atom. The second-order valence-corrected chi connectivity index (χ2v) is 7.67. The minimum absolute atomic E-state index is 0.0327. The maximum Gasteiger partial charge on any atom is 0.338 e. The van der Waals surface area contributed by atoms with Crippen LogP contribution in [0.4, 0.5) is 5.69 Å². The summed E-state index contributed by atoms with van der Waals surface area (Å²) in [5.41, 5.74) is 1.41. The number of pyridine rings is 1. The van der Waals surface area contributed by atoms with E-state index >= 15 is 0 Å². The number of carbonyl (C=O) groups excluding carboxylic acids is 1. The van der Waals surface area contributed by atoms with Crippen LogP contribution in [0, 0.1) is 0 Å². The van der Waals surface area contributed by atoms with Crippen molar-refractivity contribution >= 4 is 21.7 Å². The second-order valence-electron chi connectivity index (χ2n) is 5.99. The lowest BCUT2D eigenvalue weighted by Gasteiger charge is -2.11. The fraction of sp³-hybridized carbons (Fsp3) is 0.143. The molecule has 0 radical (unpaired) electrons. The largest absolute Gasteiger partial charge is 0.487 e. The number of nitrogens with zero attached hydrogens (tertiary/aromatic N) is 1. The fourth-order valence-corrected chi connectivity index (χ4v) is 3.54. The molecule has 7 nitrogen and oxygen atoms in total. The molecule has 0 unspecified atom stereocenters. The van der Waals surface area contributed by atoms with Crippen molar-refractivity contribution in [3.63, 3.8) is 0 Å². The predicted molar refractivity (Wildman–Crippen MR) is 108 cm³/mol. The lowest BCUT2D eigenvalue weighted by molar-refractivity contribution is 0.0526. The molecule has 0 fully saturated rings. The van der Waals surface area contributed by atoms with Crippen molar-refractivity contribution in [2.75, 3.05) is 11.3 Å². The zero-order valence-electron chi connectivity index (χ0n) is 15.7. The van der Waals surface area contributed by atoms with Crippen LogP contribution in [0.5, 0.6) is 5.75 Å². The van der Waals surface area contributed by atoms with Crippen LogP contribution in [0.25, 0.3) is 0 Å². The van der Waals surface area contributed by atoms with Gasteiger partial charge in [-0.15, -0.1) is 0 Å². The molecule has 29 heavy (non-hydrogen) atoms. The number of ether oxygens (including phenoxy) is 2. The Balaban J connectivity index is 1.69. The molecule has 0 aliphatic heterocycles. The maximum atomic E-state index is 12.6. The summed E-state index contributed by atoms with van der Waals surface area (Å²) >= 11 is 0. The summed E-state index contributed by atoms with van der Waals surface area (Å²) in [6, 6.07) is 17.7. The van der Waals surface area contributed by atoms with E-state index < -0.39 is 16.0 Å². The molecule has 150 valence electrons. The zero-order chi connectivity index (χ0) is 20.7. The molecule has 0 saturated heterocycles. The molecule has 1 heterocycles. The Kier molecular flexibility index (Phi) is 6.46. The van der Waals surface area contributed by atoms with Crippen LogP contribution >= 0.6 is 0 Å². The van der Waals surface area contributed by atoms with Crippen molar-refractivity contribution in [3.05, 3.63) is 84.2 Å². The number of carbonyl (C=O) groups is 1. The first-order valence-electron chi connectivity index (χ1n) is 8.91. The van der Waals surface area contributed by atoms with E-state index in [0.717, 1.165) is 5.69 Å². The Bertz CT molecular complexity index is 1070. The molecule has 0 atom stereocenters. The van der Waals surface area contributed by atoms with E-state index in [1.54, 1.807) is 37.4 Å². The SMILES string of the molecule is CCOC(=O)c1ccc(S(=O)(=O)Nc2cccc(OCc3ccccn3)c2)cc1. The molecule has 1 N–H and O–H groups in total. The highest BCUT2D eigenvalue weighted by molar-refractivity contribution is 7.92. The number of esters is 1. The van der Waals surface area contributed by atoms with Gasteiger partial charge in [0.05, 0.1) is 28.4 Å². The van der Waals surface area contributed by atoms with Gasteiger partial charge in [0.25, 0.3) is 10.0 Å². The van der Waals surface area contributed by atoms with Crippen LogP contribution in [0.1, 0.15) is 23.0 Å². The highest BCUT2D eigenvalue weighted by atomic mass is 32.2. The van der Waals surface area contributed by atoms with Crippen molar-refractivity contribution in [3.8, 4) is 5.75 Å². The standard InChI is InChI=1S/C21H20N2O5S/c1-2-27-21(24)16-9-11-20(12-10-16)29(25,26)23-17-7-5-8-19(14-17)28-15-18-6-3-4-13-22-18/h3-14,23H,2,15H2,1H3. The molecule has 0 bridgehead atoms. The summed E-state index contributed by atoms with van der Waals surface area (Å²) in [6.07, 6.45) is 1.68. The Morgan fingerprint density at radius 3 is 2.52 bits per heavy atom. The Morgan fingerprint density at radius 1 is 1.03 bits per heavy atom. The topological polar surface area (TPSA) is 94.6 Å². The Labute approximate surface area is 169 Å². The van der Waals surface area contributed by atoms with E-state index in [0.29, 0.717) is 11.4 Å². The van der Waals surface area contributed by atoms with E-state index in [4.69, 9.17) is 9.47 Å². The third-order valence-corrected chi connectivity index (χ3v) is 5.27. The number of aromatic nitrogens is 1. The number of nitrogens with one attached hydrogen (secondary N) is 1. The van der Waals surface area contributed by atoms with Crippen molar-refractivity contribution in [2.45, 2.75) is 18.4 Å². The van der Waals surface area contributed by atoms with Crippen molar-refractivity contribution in [1.29, 1.82) is 0 Å². The van der Waals surface area contributed by atoms with E-state index in [2.05, 4.69) is 9.71 Å². The third-order valence-electron chi connectivity index (χ3n) is 3.87. The highest BCUT2D eigenvalue weighted by Crippen LogP contribution is 2.22. The Hall–Kier alpha value is -3.39. The number of benzene rings is 2. The number of rotatable bonds is 8. The number of sulfonamides is 1. The van der Waals surface area contributed by atoms with Gasteiger partial charge in [-0.3, -0.25) is 9.71 Å². The number of hydrogen-bond acceptors (Lipinski definition) is 6. The summed E-state index contributed by atoms with van der Waals surface area (Å²) in [7, 11) is -3.82. The van der Waals surface area contributed by atoms with Crippen LogP contribution < -0.4 is 9.46 Å². The van der Waals surface area contributed by atoms with Crippen LogP contribution in [-0.4, -0.2) is 26.0 Å². The summed E-state index contributed by atoms with van der Waals surface area (Å²) in [6.45, 7) is 2.22. The summed E-state index contributed by atoms with van der Waals surface area (Å²) in [5.74, 6) is 0.00988. The number of hydrogen-bond donors (Lipinski definition) is 1. The van der Waals surface area contributed by atoms with E-state index in [1.165, 1.54) is 24.3 Å². The second kappa shape index (κ2) is 9.20. The zero-order valence-corrected chi connectivity index (χ0v) is 16.6. The molecule has 8 heteroatoms. The van der Waals surface area contributed by atoms with Gasteiger partial charge in [-0.25, -0.2) is 13.2 Å². The molecular formula is C21H20N2O5S. The molecule has 3 aromatic rings. The van der Waals surface area contributed by atoms with Gasteiger partial charge < -0.3 is 9.47 Å². The average Bonchev–Trinajstić information content (AvgIpc) is 2.73. The molecule has 0 spiro atoms. The normalized spacial score (nSPS) is 10.9. The van der Waals surface area contributed by atoms with Crippen molar-refractivity contribution in [2.24, 2.45) is 0 Å². The van der Waals surface area contributed by atoms with Crippen LogP contribution in [0.2, 0.25) is 0 Å². The van der Waals surface area contributed by atoms with Gasteiger partial charge in [0.2, 0.25) is 0 Å². The summed E-state index contributed by atoms with van der Waals surface area (Å²) in [4.78, 5) is 15.9. The van der Waals surface area contributed by atoms with E-state index in [1.807, 2.05) is 18.2 Å². The molecule has 0 saturated carbocycles. The van der Waals surface area contributed by atoms with Crippen LogP contribution in [0.3, 0.4) is 0 Å². The molecular weight excluding hydrogens is 392 g/mol. The van der Waals surface area contributed by atoms with Crippen molar-refractivity contribution in [1.82, 2.24) is 4.98 Å². The maximum absolute atomic E-state index is 12.6. The smallest absolute Gasteiger partial charge is 0.338 e. The molecule has 0 aliphatic carbocycles. The van der Waals surface area contributed by atoms with Gasteiger partial charge in [0.1, 0.15) is 12.4 Å². The van der Waals surface area contributed by atoms with Gasteiger partial charge >= 0.3 is 5.97 Å². The van der Waals surface area contributed by atoms with Crippen LogP contribution in [-0.2, 0) is 21.4 Å². The highest BCUT2D eigenvalue weighted by Gasteiger charge is 2.16. The van der Waals surface area contributed by atoms with E-state index in [-0.39, 0.29) is 23.7 Å². The number of anilines is 1. The van der Waals surface area contributed by atoms with E-state index in [9.17, 15) is 13.2 Å². The first-order valence-corrected chi connectivity index (χ1v) is 10.4. The average molecular weight is 412 g/mol. The minimum Gasteiger partial charge on any atom is -0.487 e. The lowest BCUT2D eigenvalue weighted by atomic mass is 10.2. The van der Waals surface area contributed by atoms with Gasteiger partial charge in [0, 0.05) is 12.3 Å². The monoisotopic (exact) mass is 412 g/mol. The van der Waals surface area contributed by atoms with Gasteiger partial charge in [0.15, 0.2) is 0 Å². The quantitative estimate of drug-likeness (QED) is 0.568. The van der Waals surface area contributed by atoms with Gasteiger partial charge in [-0.2, -0.15) is 0 Å². The predicted octanol–water partition coefficient (Wildman–Crippen LogP) is 3.64. The van der Waals surface area contributed by atoms with Gasteiger partial charge in [-0.05, 0) is 55.5 Å². The first kappa shape index (κ1) is 20.3. The third kappa shape index (κ3) is 5.55. The van der Waals surface area contributed by atoms with Gasteiger partial charge in [-0.1, -0.05) is 12.1 Å². The van der Waals surface area contributed by atoms with Crippen molar-refractivity contribution < 1.29 is 22.7 Å². The lowest BCUT2D eigenvalue weighted by Crippen LogP contribution is -2.13. The van der Waals surface area contributed by atoms with Crippen LogP contribution in [0.15, 0.2) is 77.8 Å². The molecule has 1 aromatic heterocycles. The molecule has 0 aliphatic rings. The molecule has 2 aromatic carbocycles. The minimum atomic E-state index is -3.82. The summed E-state index contributed by atoms with van der Waals surface area (Å²) < 4.78 is 38.3. The fourth-order valence-electron chi connectivity index (χ4n) is 2.49.